The van der Waals surface area contributed by atoms with Crippen molar-refractivity contribution in [3.63, 3.8) is 0 Å². The molecule has 0 unspecified atom stereocenters. The van der Waals surface area contributed by atoms with Gasteiger partial charge in [-0.1, -0.05) is 106 Å². The average Bonchev–Trinajstić information content (AvgIpc) is 3.44. The standard InChI is InChI=1S/C21H25.C6H7Si.C5H5.CH3.2ClH.Zr/c1-20(2,3)15-11-10-14-12-18-16(17(14)13-15)8-7-9-19(18)21(4,5)6;7-6-4-2-1-3-5-6;1-2-4-5-3-1;;;;/h7-9,11,13H,12H2,1-6H3;1-5H,7H2;1-5H;1H3;2*1H;/q-1;;2*-1;;;+3. The molecule has 0 amide bonds. The molecule has 0 nitrogen and oxygen atoms in total. The van der Waals surface area contributed by atoms with Crippen molar-refractivity contribution in [2.75, 3.05) is 0 Å². The largest absolute Gasteiger partial charge is 3.00 e. The minimum atomic E-state index is 0. The molecule has 0 saturated carbocycles. The molecule has 1 aliphatic rings. The molecule has 4 aromatic rings. The van der Waals surface area contributed by atoms with E-state index >= 15 is 0 Å². The van der Waals surface area contributed by atoms with Crippen molar-refractivity contribution >= 4 is 40.2 Å². The molecule has 0 atom stereocenters. The average molecular weight is 629 g/mol. The van der Waals surface area contributed by atoms with E-state index in [1.54, 1.807) is 0 Å². The van der Waals surface area contributed by atoms with E-state index in [2.05, 4.69) is 90.1 Å². The Morgan fingerprint density at radius 1 is 0.757 bits per heavy atom. The molecule has 4 heteroatoms. The van der Waals surface area contributed by atoms with Crippen LogP contribution in [0.25, 0.3) is 11.1 Å². The van der Waals surface area contributed by atoms with Crippen LogP contribution in [0.4, 0.5) is 0 Å². The van der Waals surface area contributed by atoms with Crippen molar-refractivity contribution in [3.05, 3.63) is 127 Å². The van der Waals surface area contributed by atoms with Crippen LogP contribution < -0.4 is 5.19 Å². The fraction of sp³-hybridized carbons (Fsp3) is 0.273. The Kier molecular flexibility index (Phi) is 17.0. The first-order valence-electron chi connectivity index (χ1n) is 11.8. The molecule has 37 heavy (non-hydrogen) atoms. The van der Waals surface area contributed by atoms with Crippen molar-refractivity contribution in [2.45, 2.75) is 58.8 Å². The quantitative estimate of drug-likeness (QED) is 0.120. The van der Waals surface area contributed by atoms with Crippen molar-refractivity contribution in [3.8, 4) is 11.1 Å². The second-order valence-electron chi connectivity index (χ2n) is 10.7. The molecule has 0 bridgehead atoms. The van der Waals surface area contributed by atoms with Crippen molar-refractivity contribution < 1.29 is 26.2 Å². The Hall–Kier alpha value is -1.31. The summed E-state index contributed by atoms with van der Waals surface area (Å²) in [5, 5.41) is 1.35. The van der Waals surface area contributed by atoms with Crippen LogP contribution in [-0.2, 0) is 43.5 Å². The summed E-state index contributed by atoms with van der Waals surface area (Å²) in [6, 6.07) is 35.2. The maximum Gasteiger partial charge on any atom is 3.00 e. The molecular formula is C33H42Cl2SiZr. The Labute approximate surface area is 261 Å². The van der Waals surface area contributed by atoms with E-state index in [0.29, 0.717) is 0 Å². The third-order valence-electron chi connectivity index (χ3n) is 5.92. The number of rotatable bonds is 0. The Bertz CT molecular complexity index is 1140. The predicted molar refractivity (Wildman–Crippen MR) is 168 cm³/mol. The zero-order valence-corrected chi connectivity index (χ0v) is 28.9. The van der Waals surface area contributed by atoms with E-state index in [-0.39, 0.29) is 69.3 Å². The Balaban J connectivity index is 0. The van der Waals surface area contributed by atoms with Crippen LogP contribution in [0.5, 0.6) is 0 Å². The Morgan fingerprint density at radius 2 is 1.35 bits per heavy atom. The molecule has 1 aliphatic carbocycles. The summed E-state index contributed by atoms with van der Waals surface area (Å²) in [7, 11) is 1.90. The van der Waals surface area contributed by atoms with Crippen LogP contribution in [0.2, 0.25) is 0 Å². The summed E-state index contributed by atoms with van der Waals surface area (Å²) in [6.07, 6.45) is 1.03. The molecule has 0 saturated heterocycles. The van der Waals surface area contributed by atoms with Gasteiger partial charge in [0.15, 0.2) is 0 Å². The second kappa shape index (κ2) is 16.6. The van der Waals surface area contributed by atoms with Gasteiger partial charge < -0.3 is 7.43 Å². The first-order valence-corrected chi connectivity index (χ1v) is 12.5. The fourth-order valence-corrected chi connectivity index (χ4v) is 4.33. The van der Waals surface area contributed by atoms with Crippen LogP contribution in [-0.4, -0.2) is 10.2 Å². The molecule has 0 N–H and O–H groups in total. The van der Waals surface area contributed by atoms with E-state index in [1.165, 1.54) is 38.6 Å². The number of halogens is 2. The summed E-state index contributed by atoms with van der Waals surface area (Å²) in [5.41, 5.74) is 8.88. The van der Waals surface area contributed by atoms with E-state index in [0.717, 1.165) is 6.42 Å². The predicted octanol–water partition coefficient (Wildman–Crippen LogP) is 8.29. The van der Waals surface area contributed by atoms with Gasteiger partial charge in [-0.25, -0.2) is 12.1 Å². The van der Waals surface area contributed by atoms with Gasteiger partial charge in [-0.05, 0) is 23.0 Å². The first-order chi connectivity index (χ1) is 15.6. The smallest absolute Gasteiger partial charge is 0.358 e. The summed E-state index contributed by atoms with van der Waals surface area (Å²) in [5.74, 6) is 0. The van der Waals surface area contributed by atoms with Crippen molar-refractivity contribution in [1.29, 1.82) is 0 Å². The maximum absolute atomic E-state index is 3.55. The molecule has 0 aliphatic heterocycles. The summed E-state index contributed by atoms with van der Waals surface area (Å²) in [4.78, 5) is 0. The summed E-state index contributed by atoms with van der Waals surface area (Å²) >= 11 is 0. The van der Waals surface area contributed by atoms with Crippen LogP contribution in [0.3, 0.4) is 0 Å². The van der Waals surface area contributed by atoms with Gasteiger partial charge in [0, 0.05) is 10.2 Å². The van der Waals surface area contributed by atoms with Gasteiger partial charge >= 0.3 is 26.2 Å². The number of fused-ring (bicyclic) bond motifs is 3. The van der Waals surface area contributed by atoms with Crippen LogP contribution in [0.1, 0.15) is 63.8 Å². The van der Waals surface area contributed by atoms with E-state index in [9.17, 15) is 0 Å². The van der Waals surface area contributed by atoms with Crippen LogP contribution >= 0.6 is 24.8 Å². The first kappa shape index (κ1) is 37.8. The topological polar surface area (TPSA) is 0 Å². The third kappa shape index (κ3) is 10.8. The van der Waals surface area contributed by atoms with Gasteiger partial charge in [0.1, 0.15) is 0 Å². The molecule has 0 aromatic heterocycles. The minimum Gasteiger partial charge on any atom is -0.358 e. The van der Waals surface area contributed by atoms with Gasteiger partial charge in [-0.3, -0.25) is 0 Å². The monoisotopic (exact) mass is 626 g/mol. The second-order valence-corrected chi connectivity index (χ2v) is 11.6. The number of hydrogen-bond acceptors (Lipinski definition) is 0. The van der Waals surface area contributed by atoms with Crippen LogP contribution in [0, 0.1) is 13.5 Å². The molecule has 0 heterocycles. The Morgan fingerprint density at radius 3 is 1.78 bits per heavy atom. The fourth-order valence-electron chi connectivity index (χ4n) is 4.05. The number of hydrogen-bond donors (Lipinski definition) is 0. The van der Waals surface area contributed by atoms with Crippen molar-refractivity contribution in [2.24, 2.45) is 0 Å². The normalized spacial score (nSPS) is 10.7. The molecule has 0 spiro atoms. The minimum absolute atomic E-state index is 0. The molecule has 4 aromatic carbocycles. The maximum atomic E-state index is 3.55. The van der Waals surface area contributed by atoms with Gasteiger partial charge in [0.2, 0.25) is 0 Å². The van der Waals surface area contributed by atoms with E-state index in [4.69, 9.17) is 0 Å². The molecule has 0 fully saturated rings. The van der Waals surface area contributed by atoms with Gasteiger partial charge in [0.25, 0.3) is 0 Å². The van der Waals surface area contributed by atoms with Gasteiger partial charge in [-0.2, -0.15) is 47.5 Å². The summed E-state index contributed by atoms with van der Waals surface area (Å²) in [6.45, 7) is 13.7. The SMILES string of the molecule is CC(C)(C)c1c[c-]c2c(c1)-c1cccc(C(C)(C)C)c1C2.Cl.Cl.[CH3-].[SiH2]c1ccccc1.[Zr+3].c1cc[cH-]c1. The molecule has 196 valence electrons. The van der Waals surface area contributed by atoms with E-state index < -0.39 is 0 Å². The van der Waals surface area contributed by atoms with Crippen LogP contribution in [0.15, 0.2) is 91.0 Å². The zero-order valence-electron chi connectivity index (χ0n) is 23.4. The zero-order chi connectivity index (χ0) is 24.1. The summed E-state index contributed by atoms with van der Waals surface area (Å²) < 4.78 is 0. The molecule has 2 radical (unpaired) electrons. The number of benzene rings is 3. The van der Waals surface area contributed by atoms with Gasteiger partial charge in [-0.15, -0.1) is 30.4 Å². The van der Waals surface area contributed by atoms with Crippen molar-refractivity contribution in [1.82, 2.24) is 0 Å². The third-order valence-corrected chi connectivity index (χ3v) is 6.39. The van der Waals surface area contributed by atoms with E-state index in [1.807, 2.05) is 58.8 Å². The molecular weight excluding hydrogens is 587 g/mol. The molecule has 5 rings (SSSR count). The van der Waals surface area contributed by atoms with Gasteiger partial charge in [0.05, 0.1) is 0 Å².